The Morgan fingerprint density at radius 2 is 2.33 bits per heavy atom. The summed E-state index contributed by atoms with van der Waals surface area (Å²) in [5.74, 6) is -0.288. The second kappa shape index (κ2) is 6.06. The zero-order chi connectivity index (χ0) is 12.8. The Balaban J connectivity index is 1.75. The number of nitrogens with zero attached hydrogens (tertiary/aromatic N) is 5. The number of hydrogen-bond donors (Lipinski definition) is 1. The third-order valence-electron chi connectivity index (χ3n) is 2.16. The Kier molecular flexibility index (Phi) is 4.19. The number of carbonyl (C=O) groups is 1. The fourth-order valence-corrected chi connectivity index (χ4v) is 1.48. The summed E-state index contributed by atoms with van der Waals surface area (Å²) in [6, 6.07) is 0. The van der Waals surface area contributed by atoms with Crippen LogP contribution in [0.3, 0.4) is 0 Å². The summed E-state index contributed by atoms with van der Waals surface area (Å²) in [7, 11) is 0. The lowest BCUT2D eigenvalue weighted by Crippen LogP contribution is -2.26. The van der Waals surface area contributed by atoms with Crippen LogP contribution >= 0.6 is 11.6 Å². The largest absolute Gasteiger partial charge is 0.351 e. The summed E-state index contributed by atoms with van der Waals surface area (Å²) in [5.41, 5.74) is 0.211. The van der Waals surface area contributed by atoms with Crippen molar-refractivity contribution in [3.63, 3.8) is 0 Å². The van der Waals surface area contributed by atoms with Gasteiger partial charge in [-0.25, -0.2) is 4.98 Å². The maximum Gasteiger partial charge on any atom is 0.271 e. The van der Waals surface area contributed by atoms with Gasteiger partial charge in [0.25, 0.3) is 5.91 Å². The van der Waals surface area contributed by atoms with Crippen molar-refractivity contribution < 1.29 is 4.79 Å². The summed E-state index contributed by atoms with van der Waals surface area (Å²) in [6.07, 6.45) is 6.88. The first-order valence-electron chi connectivity index (χ1n) is 5.35. The van der Waals surface area contributed by atoms with E-state index in [1.54, 1.807) is 17.1 Å². The zero-order valence-corrected chi connectivity index (χ0v) is 10.2. The molecule has 0 aliphatic carbocycles. The average Bonchev–Trinajstić information content (AvgIpc) is 2.87. The van der Waals surface area contributed by atoms with Crippen molar-refractivity contribution in [3.05, 3.63) is 35.6 Å². The highest BCUT2D eigenvalue weighted by molar-refractivity contribution is 6.29. The van der Waals surface area contributed by atoms with Crippen LogP contribution in [0.25, 0.3) is 0 Å². The van der Waals surface area contributed by atoms with E-state index in [9.17, 15) is 4.79 Å². The van der Waals surface area contributed by atoms with Crippen molar-refractivity contribution in [2.75, 3.05) is 6.54 Å². The number of nitrogens with one attached hydrogen (secondary N) is 1. The molecule has 7 nitrogen and oxygen atoms in total. The summed E-state index contributed by atoms with van der Waals surface area (Å²) in [4.78, 5) is 19.3. The van der Waals surface area contributed by atoms with Crippen molar-refractivity contribution in [1.82, 2.24) is 30.3 Å². The van der Waals surface area contributed by atoms with Crippen LogP contribution in [-0.2, 0) is 6.54 Å². The second-order valence-corrected chi connectivity index (χ2v) is 3.89. The molecule has 0 saturated carbocycles. The monoisotopic (exact) mass is 266 g/mol. The standard InChI is InChI=1S/C10H11ClN6O/c11-9-7-12-6-8(15-9)10(18)13-2-1-4-17-5-3-14-16-17/h3,5-7H,1-2,4H2,(H,13,18). The topological polar surface area (TPSA) is 85.6 Å². The molecule has 0 spiro atoms. The number of amides is 1. The lowest BCUT2D eigenvalue weighted by Gasteiger charge is -2.04. The molecular formula is C10H11ClN6O. The summed E-state index contributed by atoms with van der Waals surface area (Å²) in [6.45, 7) is 1.22. The molecule has 2 heterocycles. The minimum absolute atomic E-state index is 0.199. The van der Waals surface area contributed by atoms with E-state index in [0.29, 0.717) is 13.1 Å². The lowest BCUT2D eigenvalue weighted by molar-refractivity contribution is 0.0947. The number of halogens is 1. The van der Waals surface area contributed by atoms with E-state index in [-0.39, 0.29) is 16.8 Å². The van der Waals surface area contributed by atoms with Crippen LogP contribution in [0.5, 0.6) is 0 Å². The summed E-state index contributed by atoms with van der Waals surface area (Å²) >= 11 is 5.65. The molecule has 0 aliphatic heterocycles. The Labute approximate surface area is 108 Å². The minimum Gasteiger partial charge on any atom is -0.351 e. The first kappa shape index (κ1) is 12.4. The smallest absolute Gasteiger partial charge is 0.271 e. The first-order valence-corrected chi connectivity index (χ1v) is 5.73. The number of aryl methyl sites for hydroxylation is 1. The van der Waals surface area contributed by atoms with Crippen molar-refractivity contribution in [3.8, 4) is 0 Å². The van der Waals surface area contributed by atoms with E-state index < -0.39 is 0 Å². The van der Waals surface area contributed by atoms with Gasteiger partial charge in [0, 0.05) is 19.3 Å². The van der Waals surface area contributed by atoms with Crippen LogP contribution in [-0.4, -0.2) is 37.4 Å². The van der Waals surface area contributed by atoms with Gasteiger partial charge < -0.3 is 5.32 Å². The first-order chi connectivity index (χ1) is 8.75. The predicted octanol–water partition coefficient (Wildman–Crippen LogP) is 0.542. The predicted molar refractivity (Wildman–Crippen MR) is 64.0 cm³/mol. The van der Waals surface area contributed by atoms with Crippen molar-refractivity contribution in [1.29, 1.82) is 0 Å². The molecule has 0 saturated heterocycles. The van der Waals surface area contributed by atoms with Crippen LogP contribution in [0.15, 0.2) is 24.8 Å². The van der Waals surface area contributed by atoms with Crippen molar-refractivity contribution >= 4 is 17.5 Å². The highest BCUT2D eigenvalue weighted by Gasteiger charge is 2.07. The van der Waals surface area contributed by atoms with Gasteiger partial charge in [0.15, 0.2) is 0 Å². The van der Waals surface area contributed by atoms with Crippen LogP contribution < -0.4 is 5.32 Å². The zero-order valence-electron chi connectivity index (χ0n) is 9.45. The molecule has 8 heteroatoms. The molecule has 0 fully saturated rings. The molecule has 0 bridgehead atoms. The number of aromatic nitrogens is 5. The Hall–Kier alpha value is -2.02. The second-order valence-electron chi connectivity index (χ2n) is 3.50. The highest BCUT2D eigenvalue weighted by atomic mass is 35.5. The molecule has 1 amide bonds. The van der Waals surface area contributed by atoms with Gasteiger partial charge in [-0.2, -0.15) is 0 Å². The molecule has 18 heavy (non-hydrogen) atoms. The number of hydrogen-bond acceptors (Lipinski definition) is 5. The molecule has 2 rings (SSSR count). The van der Waals surface area contributed by atoms with Crippen LogP contribution in [0.4, 0.5) is 0 Å². The van der Waals surface area contributed by atoms with Gasteiger partial charge in [0.2, 0.25) is 0 Å². The van der Waals surface area contributed by atoms with Crippen LogP contribution in [0.1, 0.15) is 16.9 Å². The Morgan fingerprint density at radius 1 is 1.44 bits per heavy atom. The highest BCUT2D eigenvalue weighted by Crippen LogP contribution is 2.02. The fourth-order valence-electron chi connectivity index (χ4n) is 1.34. The maximum absolute atomic E-state index is 11.7. The SMILES string of the molecule is O=C(NCCCn1ccnn1)c1cncc(Cl)n1. The van der Waals surface area contributed by atoms with Crippen LogP contribution in [0.2, 0.25) is 5.15 Å². The molecule has 94 valence electrons. The maximum atomic E-state index is 11.7. The van der Waals surface area contributed by atoms with Gasteiger partial charge >= 0.3 is 0 Å². The van der Waals surface area contributed by atoms with Gasteiger partial charge in [-0.3, -0.25) is 14.5 Å². The van der Waals surface area contributed by atoms with Gasteiger partial charge in [-0.1, -0.05) is 16.8 Å². The Morgan fingerprint density at radius 3 is 3.06 bits per heavy atom. The average molecular weight is 267 g/mol. The number of rotatable bonds is 5. The van der Waals surface area contributed by atoms with Crippen molar-refractivity contribution in [2.24, 2.45) is 0 Å². The Bertz CT molecular complexity index is 515. The molecule has 2 aromatic rings. The molecule has 0 unspecified atom stereocenters. The summed E-state index contributed by atoms with van der Waals surface area (Å²) in [5, 5.41) is 10.4. The van der Waals surface area contributed by atoms with E-state index in [2.05, 4.69) is 25.6 Å². The third kappa shape index (κ3) is 3.49. The van der Waals surface area contributed by atoms with Crippen molar-refractivity contribution in [2.45, 2.75) is 13.0 Å². The summed E-state index contributed by atoms with van der Waals surface area (Å²) < 4.78 is 1.70. The van der Waals surface area contributed by atoms with Gasteiger partial charge in [-0.15, -0.1) is 5.10 Å². The third-order valence-corrected chi connectivity index (χ3v) is 2.34. The molecule has 0 aliphatic rings. The van der Waals surface area contributed by atoms with Gasteiger partial charge in [0.05, 0.1) is 18.6 Å². The van der Waals surface area contributed by atoms with E-state index in [4.69, 9.17) is 11.6 Å². The number of carbonyl (C=O) groups excluding carboxylic acids is 1. The van der Waals surface area contributed by atoms with Gasteiger partial charge in [-0.05, 0) is 6.42 Å². The van der Waals surface area contributed by atoms with E-state index in [0.717, 1.165) is 6.42 Å². The fraction of sp³-hybridized carbons (Fsp3) is 0.300. The molecule has 2 aromatic heterocycles. The van der Waals surface area contributed by atoms with E-state index in [1.807, 2.05) is 0 Å². The molecule has 0 aromatic carbocycles. The minimum atomic E-state index is -0.288. The molecule has 0 radical (unpaired) electrons. The van der Waals surface area contributed by atoms with E-state index >= 15 is 0 Å². The molecule has 0 atom stereocenters. The van der Waals surface area contributed by atoms with Crippen LogP contribution in [0, 0.1) is 0 Å². The lowest BCUT2D eigenvalue weighted by atomic mass is 10.4. The molecular weight excluding hydrogens is 256 g/mol. The quantitative estimate of drug-likeness (QED) is 0.799. The normalized spacial score (nSPS) is 10.3. The van der Waals surface area contributed by atoms with Gasteiger partial charge in [0.1, 0.15) is 10.8 Å². The molecule has 1 N–H and O–H groups in total. The van der Waals surface area contributed by atoms with E-state index in [1.165, 1.54) is 12.4 Å².